The van der Waals surface area contributed by atoms with Crippen molar-refractivity contribution >= 4 is 17.6 Å². The molecule has 162 valence electrons. The number of anilines is 1. The first-order valence-corrected chi connectivity index (χ1v) is 11.7. The number of aliphatic hydroxyl groups excluding tert-OH is 1. The van der Waals surface area contributed by atoms with E-state index in [1.807, 2.05) is 31.2 Å². The molecule has 2 aliphatic heterocycles. The topological polar surface area (TPSA) is 41.9 Å². The van der Waals surface area contributed by atoms with Gasteiger partial charge in [0.15, 0.2) is 0 Å². The van der Waals surface area contributed by atoms with Crippen LogP contribution in [0.5, 0.6) is 5.75 Å². The lowest BCUT2D eigenvalue weighted by Crippen LogP contribution is -2.23. The van der Waals surface area contributed by atoms with Gasteiger partial charge in [-0.15, -0.1) is 0 Å². The molecule has 0 unspecified atom stereocenters. The Morgan fingerprint density at radius 2 is 2.03 bits per heavy atom. The third-order valence-electron chi connectivity index (χ3n) is 5.94. The van der Waals surface area contributed by atoms with Crippen molar-refractivity contribution in [2.75, 3.05) is 30.7 Å². The van der Waals surface area contributed by atoms with E-state index in [0.29, 0.717) is 18.9 Å². The zero-order valence-electron chi connectivity index (χ0n) is 17.5. The Bertz CT molecular complexity index is 870. The second-order valence-corrected chi connectivity index (χ2v) is 9.11. The highest BCUT2D eigenvalue weighted by Crippen LogP contribution is 2.38. The molecule has 2 aliphatic rings. The largest absolute Gasteiger partial charge is 0.493 e. The third-order valence-corrected chi connectivity index (χ3v) is 7.00. The van der Waals surface area contributed by atoms with E-state index in [0.717, 1.165) is 72.9 Å². The number of benzene rings is 2. The lowest BCUT2D eigenvalue weighted by atomic mass is 9.99. The standard InChI is InChI=1S/C24H30FNO3S/c1-2-18-12-19-4-3-9-26(23(19)14-22(18)25)30-21-5-6-24(20(13-21)15-27)29-16-17-7-10-28-11-8-17/h5-6,12-14,17,27H,2-4,7-11,15-16H2,1H3. The molecule has 0 atom stereocenters. The molecule has 0 aromatic heterocycles. The zero-order valence-corrected chi connectivity index (χ0v) is 18.3. The summed E-state index contributed by atoms with van der Waals surface area (Å²) in [5, 5.41) is 9.87. The van der Waals surface area contributed by atoms with Gasteiger partial charge in [-0.3, -0.25) is 0 Å². The molecule has 6 heteroatoms. The second kappa shape index (κ2) is 10.0. The predicted octanol–water partition coefficient (Wildman–Crippen LogP) is 5.15. The van der Waals surface area contributed by atoms with Gasteiger partial charge in [0.05, 0.1) is 18.9 Å². The molecule has 30 heavy (non-hydrogen) atoms. The molecule has 0 radical (unpaired) electrons. The number of aryl methyl sites for hydroxylation is 2. The first-order valence-electron chi connectivity index (χ1n) is 10.9. The lowest BCUT2D eigenvalue weighted by Gasteiger charge is -2.30. The van der Waals surface area contributed by atoms with Gasteiger partial charge in [0, 0.05) is 30.2 Å². The highest BCUT2D eigenvalue weighted by atomic mass is 32.2. The molecule has 1 fully saturated rings. The Kier molecular flexibility index (Phi) is 7.18. The first-order chi connectivity index (χ1) is 14.7. The molecule has 1 N–H and O–H groups in total. The summed E-state index contributed by atoms with van der Waals surface area (Å²) in [5.41, 5.74) is 3.75. The van der Waals surface area contributed by atoms with Crippen LogP contribution < -0.4 is 9.04 Å². The summed E-state index contributed by atoms with van der Waals surface area (Å²) in [6.45, 7) is 5.05. The van der Waals surface area contributed by atoms with Crippen molar-refractivity contribution in [3.05, 3.63) is 52.8 Å². The summed E-state index contributed by atoms with van der Waals surface area (Å²) in [6.07, 6.45) is 4.79. The minimum Gasteiger partial charge on any atom is -0.493 e. The van der Waals surface area contributed by atoms with E-state index < -0.39 is 0 Å². The van der Waals surface area contributed by atoms with E-state index in [9.17, 15) is 9.50 Å². The summed E-state index contributed by atoms with van der Waals surface area (Å²) < 4.78 is 28.0. The van der Waals surface area contributed by atoms with Crippen molar-refractivity contribution < 1.29 is 19.0 Å². The van der Waals surface area contributed by atoms with E-state index in [1.165, 1.54) is 5.56 Å². The Labute approximate surface area is 182 Å². The number of halogens is 1. The number of rotatable bonds is 7. The molecule has 0 bridgehead atoms. The molecule has 4 nitrogen and oxygen atoms in total. The maximum atomic E-state index is 14.4. The fourth-order valence-corrected chi connectivity index (χ4v) is 5.18. The maximum absolute atomic E-state index is 14.4. The van der Waals surface area contributed by atoms with Gasteiger partial charge in [0.2, 0.25) is 0 Å². The quantitative estimate of drug-likeness (QED) is 0.615. The summed E-state index contributed by atoms with van der Waals surface area (Å²) in [6, 6.07) is 9.64. The number of hydrogen-bond donors (Lipinski definition) is 1. The highest BCUT2D eigenvalue weighted by molar-refractivity contribution is 8.00. The van der Waals surface area contributed by atoms with Crippen molar-refractivity contribution in [3.63, 3.8) is 0 Å². The molecule has 0 saturated carbocycles. The Balaban J connectivity index is 1.47. The smallest absolute Gasteiger partial charge is 0.128 e. The van der Waals surface area contributed by atoms with E-state index in [-0.39, 0.29) is 12.4 Å². The van der Waals surface area contributed by atoms with Crippen molar-refractivity contribution in [2.24, 2.45) is 5.92 Å². The van der Waals surface area contributed by atoms with Crippen LogP contribution >= 0.6 is 11.9 Å². The zero-order chi connectivity index (χ0) is 20.9. The second-order valence-electron chi connectivity index (χ2n) is 8.02. The van der Waals surface area contributed by atoms with Crippen molar-refractivity contribution in [1.29, 1.82) is 0 Å². The monoisotopic (exact) mass is 431 g/mol. The number of aliphatic hydroxyl groups is 1. The van der Waals surface area contributed by atoms with Gasteiger partial charge in [0.1, 0.15) is 11.6 Å². The van der Waals surface area contributed by atoms with Crippen LogP contribution in [0.15, 0.2) is 35.2 Å². The summed E-state index contributed by atoms with van der Waals surface area (Å²) >= 11 is 1.60. The molecule has 2 aromatic carbocycles. The molecule has 2 aromatic rings. The average molecular weight is 432 g/mol. The molecule has 1 saturated heterocycles. The van der Waals surface area contributed by atoms with Crippen LogP contribution in [0.1, 0.15) is 42.9 Å². The van der Waals surface area contributed by atoms with Gasteiger partial charge in [-0.2, -0.15) is 0 Å². The third kappa shape index (κ3) is 4.93. The van der Waals surface area contributed by atoms with E-state index in [1.54, 1.807) is 18.0 Å². The summed E-state index contributed by atoms with van der Waals surface area (Å²) in [4.78, 5) is 1.02. The number of nitrogens with zero attached hydrogens (tertiary/aromatic N) is 1. The van der Waals surface area contributed by atoms with Gasteiger partial charge in [-0.1, -0.05) is 13.0 Å². The number of fused-ring (bicyclic) bond motifs is 1. The Hall–Kier alpha value is -1.76. The highest BCUT2D eigenvalue weighted by Gasteiger charge is 2.21. The molecular formula is C24H30FNO3S. The van der Waals surface area contributed by atoms with E-state index in [2.05, 4.69) is 4.31 Å². The summed E-state index contributed by atoms with van der Waals surface area (Å²) in [5.74, 6) is 1.12. The van der Waals surface area contributed by atoms with Gasteiger partial charge < -0.3 is 18.9 Å². The van der Waals surface area contributed by atoms with Gasteiger partial charge >= 0.3 is 0 Å². The van der Waals surface area contributed by atoms with Crippen molar-refractivity contribution in [3.8, 4) is 5.75 Å². The minimum atomic E-state index is -0.128. The Morgan fingerprint density at radius 3 is 2.80 bits per heavy atom. The summed E-state index contributed by atoms with van der Waals surface area (Å²) in [7, 11) is 0. The lowest BCUT2D eigenvalue weighted by molar-refractivity contribution is 0.0494. The van der Waals surface area contributed by atoms with Gasteiger partial charge in [-0.25, -0.2) is 4.39 Å². The molecule has 0 amide bonds. The van der Waals surface area contributed by atoms with Crippen LogP contribution in [0.3, 0.4) is 0 Å². The maximum Gasteiger partial charge on any atom is 0.128 e. The molecule has 0 spiro atoms. The minimum absolute atomic E-state index is 0.0669. The predicted molar refractivity (Wildman–Crippen MR) is 119 cm³/mol. The van der Waals surface area contributed by atoms with Gasteiger partial charge in [-0.05, 0) is 85.4 Å². The molecular weight excluding hydrogens is 401 g/mol. The van der Waals surface area contributed by atoms with Gasteiger partial charge in [0.25, 0.3) is 0 Å². The van der Waals surface area contributed by atoms with Crippen LogP contribution in [0.25, 0.3) is 0 Å². The van der Waals surface area contributed by atoms with Crippen molar-refractivity contribution in [1.82, 2.24) is 0 Å². The number of ether oxygens (including phenoxy) is 2. The van der Waals surface area contributed by atoms with Crippen LogP contribution in [0.2, 0.25) is 0 Å². The Morgan fingerprint density at radius 1 is 1.20 bits per heavy atom. The van der Waals surface area contributed by atoms with Crippen LogP contribution in [0.4, 0.5) is 10.1 Å². The molecule has 2 heterocycles. The van der Waals surface area contributed by atoms with E-state index in [4.69, 9.17) is 9.47 Å². The fourth-order valence-electron chi connectivity index (χ4n) is 4.12. The number of hydrogen-bond acceptors (Lipinski definition) is 5. The van der Waals surface area contributed by atoms with E-state index >= 15 is 0 Å². The molecule has 0 aliphatic carbocycles. The normalized spacial score (nSPS) is 17.1. The first kappa shape index (κ1) is 21.5. The molecule has 4 rings (SSSR count). The van der Waals surface area contributed by atoms with Crippen LogP contribution in [0, 0.1) is 11.7 Å². The fraction of sp³-hybridized carbons (Fsp3) is 0.500. The average Bonchev–Trinajstić information content (AvgIpc) is 2.78. The van der Waals surface area contributed by atoms with Crippen LogP contribution in [-0.2, 0) is 24.2 Å². The SMILES string of the molecule is CCc1cc2c(cc1F)N(Sc1ccc(OCC3CCOCC3)c(CO)c1)CCC2. The van der Waals surface area contributed by atoms with Crippen molar-refractivity contribution in [2.45, 2.75) is 50.5 Å². The van der Waals surface area contributed by atoms with Crippen LogP contribution in [-0.4, -0.2) is 31.5 Å².